The number of aromatic nitrogens is 1. The highest BCUT2D eigenvalue weighted by molar-refractivity contribution is 7.91. The standard InChI is InChI=1S/C12H21N3O3S2/c1-3-15(8-10-5-4-6-13-7-10)20(17,18)11-9(2)14-12(16)19-11/h10,13H,3-8H2,1-2H3,(H,14,16). The molecule has 0 aromatic carbocycles. The van der Waals surface area contributed by atoms with Crippen LogP contribution in [0.15, 0.2) is 9.00 Å². The highest BCUT2D eigenvalue weighted by Gasteiger charge is 2.29. The summed E-state index contributed by atoms with van der Waals surface area (Å²) in [5.41, 5.74) is 0.431. The Morgan fingerprint density at radius 3 is 2.70 bits per heavy atom. The third-order valence-corrected chi connectivity index (χ3v) is 7.09. The zero-order valence-corrected chi connectivity index (χ0v) is 13.4. The fraction of sp³-hybridized carbons (Fsp3) is 0.750. The summed E-state index contributed by atoms with van der Waals surface area (Å²) < 4.78 is 26.9. The first-order valence-corrected chi connectivity index (χ1v) is 9.11. The lowest BCUT2D eigenvalue weighted by Gasteiger charge is -2.28. The molecule has 0 bridgehead atoms. The van der Waals surface area contributed by atoms with E-state index in [0.29, 0.717) is 24.7 Å². The Morgan fingerprint density at radius 2 is 2.20 bits per heavy atom. The molecule has 1 saturated heterocycles. The van der Waals surface area contributed by atoms with Crippen molar-refractivity contribution < 1.29 is 8.42 Å². The number of piperidine rings is 1. The summed E-state index contributed by atoms with van der Waals surface area (Å²) in [5, 5.41) is 3.30. The number of nitrogens with one attached hydrogen (secondary N) is 2. The molecule has 0 saturated carbocycles. The molecule has 20 heavy (non-hydrogen) atoms. The average molecular weight is 319 g/mol. The van der Waals surface area contributed by atoms with Gasteiger partial charge in [0.2, 0.25) is 0 Å². The van der Waals surface area contributed by atoms with E-state index in [1.807, 2.05) is 6.92 Å². The number of H-pyrrole nitrogens is 1. The van der Waals surface area contributed by atoms with Crippen LogP contribution in [0.2, 0.25) is 0 Å². The van der Waals surface area contributed by atoms with E-state index in [-0.39, 0.29) is 9.08 Å². The third-order valence-electron chi connectivity index (χ3n) is 3.57. The zero-order valence-electron chi connectivity index (χ0n) is 11.8. The number of aromatic amines is 1. The van der Waals surface area contributed by atoms with Crippen LogP contribution in [0.25, 0.3) is 0 Å². The number of aryl methyl sites for hydroxylation is 1. The molecule has 1 aliphatic rings. The van der Waals surface area contributed by atoms with E-state index >= 15 is 0 Å². The van der Waals surface area contributed by atoms with Crippen molar-refractivity contribution in [3.63, 3.8) is 0 Å². The van der Waals surface area contributed by atoms with Crippen LogP contribution in [-0.2, 0) is 10.0 Å². The van der Waals surface area contributed by atoms with E-state index in [2.05, 4.69) is 10.3 Å². The second-order valence-electron chi connectivity index (χ2n) is 5.10. The maximum absolute atomic E-state index is 12.6. The van der Waals surface area contributed by atoms with Gasteiger partial charge in [0, 0.05) is 18.8 Å². The van der Waals surface area contributed by atoms with E-state index in [9.17, 15) is 13.2 Å². The van der Waals surface area contributed by atoms with E-state index in [4.69, 9.17) is 0 Å². The Hall–Kier alpha value is -0.700. The summed E-state index contributed by atoms with van der Waals surface area (Å²) in [4.78, 5) is 13.5. The van der Waals surface area contributed by atoms with E-state index in [0.717, 1.165) is 37.3 Å². The average Bonchev–Trinajstić information content (AvgIpc) is 2.76. The van der Waals surface area contributed by atoms with Gasteiger partial charge in [-0.1, -0.05) is 18.3 Å². The Morgan fingerprint density at radius 1 is 1.45 bits per heavy atom. The van der Waals surface area contributed by atoms with Crippen LogP contribution in [0.4, 0.5) is 0 Å². The van der Waals surface area contributed by atoms with Crippen LogP contribution < -0.4 is 10.2 Å². The van der Waals surface area contributed by atoms with Gasteiger partial charge in [-0.05, 0) is 38.8 Å². The molecule has 0 aliphatic carbocycles. The minimum absolute atomic E-state index is 0.146. The summed E-state index contributed by atoms with van der Waals surface area (Å²) in [7, 11) is -3.57. The van der Waals surface area contributed by atoms with Crippen molar-refractivity contribution in [2.75, 3.05) is 26.2 Å². The minimum Gasteiger partial charge on any atom is -0.316 e. The number of hydrogen-bond acceptors (Lipinski definition) is 5. The quantitative estimate of drug-likeness (QED) is 0.839. The highest BCUT2D eigenvalue weighted by Crippen LogP contribution is 2.23. The molecule has 1 aromatic heterocycles. The minimum atomic E-state index is -3.57. The first-order valence-electron chi connectivity index (χ1n) is 6.85. The Bertz CT molecular complexity index is 600. The van der Waals surface area contributed by atoms with Crippen molar-refractivity contribution in [1.29, 1.82) is 0 Å². The molecule has 2 rings (SSSR count). The maximum atomic E-state index is 12.6. The van der Waals surface area contributed by atoms with Gasteiger partial charge in [0.1, 0.15) is 0 Å². The second-order valence-corrected chi connectivity index (χ2v) is 8.21. The highest BCUT2D eigenvalue weighted by atomic mass is 32.2. The lowest BCUT2D eigenvalue weighted by Crippen LogP contribution is -2.40. The zero-order chi connectivity index (χ0) is 14.8. The largest absolute Gasteiger partial charge is 0.316 e. The number of rotatable bonds is 5. The molecule has 1 aliphatic heterocycles. The van der Waals surface area contributed by atoms with Crippen LogP contribution in [0, 0.1) is 12.8 Å². The van der Waals surface area contributed by atoms with E-state index < -0.39 is 10.0 Å². The van der Waals surface area contributed by atoms with Gasteiger partial charge in [-0.15, -0.1) is 0 Å². The molecule has 0 amide bonds. The van der Waals surface area contributed by atoms with Gasteiger partial charge in [0.05, 0.1) is 0 Å². The molecule has 2 N–H and O–H groups in total. The number of nitrogens with zero attached hydrogens (tertiary/aromatic N) is 1. The Kier molecular flexibility index (Phi) is 5.00. The van der Waals surface area contributed by atoms with Crippen molar-refractivity contribution in [2.24, 2.45) is 5.92 Å². The molecule has 1 unspecified atom stereocenters. The van der Waals surface area contributed by atoms with Crippen LogP contribution in [0.1, 0.15) is 25.5 Å². The van der Waals surface area contributed by atoms with Gasteiger partial charge >= 0.3 is 4.87 Å². The molecular formula is C12H21N3O3S2. The molecular weight excluding hydrogens is 298 g/mol. The SMILES string of the molecule is CCN(CC1CCCNC1)S(=O)(=O)c1sc(=O)[nH]c1C. The third kappa shape index (κ3) is 3.30. The van der Waals surface area contributed by atoms with Gasteiger partial charge in [0.15, 0.2) is 4.21 Å². The molecule has 6 nitrogen and oxygen atoms in total. The second kappa shape index (κ2) is 6.38. The van der Waals surface area contributed by atoms with Crippen LogP contribution in [0.5, 0.6) is 0 Å². The molecule has 114 valence electrons. The van der Waals surface area contributed by atoms with Crippen molar-refractivity contribution in [3.8, 4) is 0 Å². The number of thiazole rings is 1. The fourth-order valence-corrected chi connectivity index (χ4v) is 5.48. The lowest BCUT2D eigenvalue weighted by molar-refractivity contribution is 0.298. The molecule has 0 spiro atoms. The van der Waals surface area contributed by atoms with Crippen LogP contribution >= 0.6 is 11.3 Å². The van der Waals surface area contributed by atoms with Gasteiger partial charge in [-0.3, -0.25) is 4.79 Å². The lowest BCUT2D eigenvalue weighted by atomic mass is 10.00. The molecule has 2 heterocycles. The maximum Gasteiger partial charge on any atom is 0.305 e. The normalized spacial score (nSPS) is 20.4. The molecule has 8 heteroatoms. The van der Waals surface area contributed by atoms with Crippen molar-refractivity contribution in [3.05, 3.63) is 15.4 Å². The Labute approximate surface area is 123 Å². The van der Waals surface area contributed by atoms with Crippen molar-refractivity contribution >= 4 is 21.4 Å². The molecule has 0 radical (unpaired) electrons. The number of sulfonamides is 1. The predicted molar refractivity (Wildman–Crippen MR) is 79.7 cm³/mol. The first-order chi connectivity index (χ1) is 9.45. The van der Waals surface area contributed by atoms with E-state index in [1.165, 1.54) is 4.31 Å². The van der Waals surface area contributed by atoms with Crippen LogP contribution in [0.3, 0.4) is 0 Å². The van der Waals surface area contributed by atoms with Gasteiger partial charge < -0.3 is 10.3 Å². The van der Waals surface area contributed by atoms with Crippen molar-refractivity contribution in [2.45, 2.75) is 30.9 Å². The summed E-state index contributed by atoms with van der Waals surface area (Å²) in [6.45, 7) is 6.25. The molecule has 1 atom stereocenters. The monoisotopic (exact) mass is 319 g/mol. The predicted octanol–water partition coefficient (Wildman–Crippen LogP) is 0.755. The van der Waals surface area contributed by atoms with Crippen molar-refractivity contribution in [1.82, 2.24) is 14.6 Å². The van der Waals surface area contributed by atoms with E-state index in [1.54, 1.807) is 6.92 Å². The van der Waals surface area contributed by atoms with Crippen LogP contribution in [-0.4, -0.2) is 43.9 Å². The summed E-state index contributed by atoms with van der Waals surface area (Å²) in [6, 6.07) is 0. The van der Waals surface area contributed by atoms with Gasteiger partial charge in [0.25, 0.3) is 10.0 Å². The Balaban J connectivity index is 2.20. The first kappa shape index (κ1) is 15.7. The topological polar surface area (TPSA) is 82.3 Å². The summed E-state index contributed by atoms with van der Waals surface area (Å²) >= 11 is 0.771. The van der Waals surface area contributed by atoms with Gasteiger partial charge in [-0.25, -0.2) is 8.42 Å². The summed E-state index contributed by atoms with van der Waals surface area (Å²) in [5.74, 6) is 0.342. The molecule has 1 fully saturated rings. The summed E-state index contributed by atoms with van der Waals surface area (Å²) in [6.07, 6.45) is 2.13. The molecule has 1 aromatic rings. The fourth-order valence-electron chi connectivity index (χ4n) is 2.52. The van der Waals surface area contributed by atoms with Gasteiger partial charge in [-0.2, -0.15) is 4.31 Å². The smallest absolute Gasteiger partial charge is 0.305 e. The number of hydrogen-bond donors (Lipinski definition) is 2.